The molecule has 4 atom stereocenters. The van der Waals surface area contributed by atoms with Crippen LogP contribution in [-0.2, 0) is 0 Å². The van der Waals surface area contributed by atoms with Gasteiger partial charge in [-0.3, -0.25) is 0 Å². The quantitative estimate of drug-likeness (QED) is 0.718. The standard InChI is InChI=1S/C17H29N/c18-17(14-7-2-1-3-8-14)16-11-10-13-6-4-5-9-15(13)12-16/h7,13,15-17H,1-6,8-12,18H2. The van der Waals surface area contributed by atoms with Crippen molar-refractivity contribution < 1.29 is 0 Å². The second-order valence-electron chi connectivity index (χ2n) is 6.93. The zero-order valence-corrected chi connectivity index (χ0v) is 11.7. The normalized spacial score (nSPS) is 38.7. The SMILES string of the molecule is NC(C1=CCCCC1)C1CCC2CCCCC2C1. The lowest BCUT2D eigenvalue weighted by Crippen LogP contribution is -2.39. The number of hydrogen-bond acceptors (Lipinski definition) is 1. The van der Waals surface area contributed by atoms with E-state index in [1.54, 1.807) is 5.57 Å². The highest BCUT2D eigenvalue weighted by Crippen LogP contribution is 2.44. The molecule has 0 radical (unpaired) electrons. The summed E-state index contributed by atoms with van der Waals surface area (Å²) >= 11 is 0. The van der Waals surface area contributed by atoms with E-state index in [0.29, 0.717) is 6.04 Å². The molecule has 0 heterocycles. The molecule has 0 aromatic rings. The summed E-state index contributed by atoms with van der Waals surface area (Å²) < 4.78 is 0. The van der Waals surface area contributed by atoms with Crippen molar-refractivity contribution in [3.05, 3.63) is 11.6 Å². The van der Waals surface area contributed by atoms with Crippen molar-refractivity contribution >= 4 is 0 Å². The van der Waals surface area contributed by atoms with Crippen LogP contribution in [0.1, 0.15) is 70.6 Å². The van der Waals surface area contributed by atoms with Crippen LogP contribution < -0.4 is 5.73 Å². The van der Waals surface area contributed by atoms with Gasteiger partial charge < -0.3 is 5.73 Å². The molecule has 2 fully saturated rings. The van der Waals surface area contributed by atoms with Crippen LogP contribution in [0.3, 0.4) is 0 Å². The first-order chi connectivity index (χ1) is 8.84. The topological polar surface area (TPSA) is 26.0 Å². The van der Waals surface area contributed by atoms with Gasteiger partial charge in [-0.2, -0.15) is 0 Å². The fraction of sp³-hybridized carbons (Fsp3) is 0.882. The fourth-order valence-electron chi connectivity index (χ4n) is 4.70. The first kappa shape index (κ1) is 12.7. The van der Waals surface area contributed by atoms with Crippen LogP contribution in [0.2, 0.25) is 0 Å². The zero-order valence-electron chi connectivity index (χ0n) is 11.7. The summed E-state index contributed by atoms with van der Waals surface area (Å²) in [7, 11) is 0. The lowest BCUT2D eigenvalue weighted by Gasteiger charge is -2.42. The summed E-state index contributed by atoms with van der Waals surface area (Å²) in [6.45, 7) is 0. The van der Waals surface area contributed by atoms with Gasteiger partial charge in [-0.05, 0) is 62.7 Å². The highest BCUT2D eigenvalue weighted by Gasteiger charge is 2.35. The molecular weight excluding hydrogens is 218 g/mol. The predicted molar refractivity (Wildman–Crippen MR) is 77.3 cm³/mol. The summed E-state index contributed by atoms with van der Waals surface area (Å²) in [6, 6.07) is 0.396. The van der Waals surface area contributed by atoms with Gasteiger partial charge in [0.15, 0.2) is 0 Å². The monoisotopic (exact) mass is 247 g/mol. The average Bonchev–Trinajstić information content (AvgIpc) is 2.47. The van der Waals surface area contributed by atoms with E-state index in [2.05, 4.69) is 6.08 Å². The molecule has 18 heavy (non-hydrogen) atoms. The van der Waals surface area contributed by atoms with E-state index in [4.69, 9.17) is 5.73 Å². The maximum atomic E-state index is 6.58. The number of hydrogen-bond donors (Lipinski definition) is 1. The van der Waals surface area contributed by atoms with Crippen LogP contribution in [-0.4, -0.2) is 6.04 Å². The maximum Gasteiger partial charge on any atom is 0.0282 e. The van der Waals surface area contributed by atoms with Crippen molar-refractivity contribution in [3.8, 4) is 0 Å². The van der Waals surface area contributed by atoms with Crippen LogP contribution in [0.25, 0.3) is 0 Å². The number of rotatable bonds is 2. The van der Waals surface area contributed by atoms with Gasteiger partial charge in [0.2, 0.25) is 0 Å². The Bertz CT molecular complexity index is 307. The highest BCUT2D eigenvalue weighted by atomic mass is 14.7. The molecule has 0 bridgehead atoms. The zero-order chi connectivity index (χ0) is 12.4. The first-order valence-electron chi connectivity index (χ1n) is 8.29. The van der Waals surface area contributed by atoms with Crippen LogP contribution >= 0.6 is 0 Å². The van der Waals surface area contributed by atoms with Gasteiger partial charge in [-0.25, -0.2) is 0 Å². The Labute approximate surface area is 112 Å². The Balaban J connectivity index is 1.61. The lowest BCUT2D eigenvalue weighted by molar-refractivity contribution is 0.121. The maximum absolute atomic E-state index is 6.58. The molecule has 2 saturated carbocycles. The summed E-state index contributed by atoms with van der Waals surface area (Å²) in [5, 5.41) is 0. The first-order valence-corrected chi connectivity index (χ1v) is 8.29. The number of fused-ring (bicyclic) bond motifs is 1. The molecule has 102 valence electrons. The summed E-state index contributed by atoms with van der Waals surface area (Å²) in [6.07, 6.45) is 18.1. The Kier molecular flexibility index (Phi) is 4.08. The molecule has 3 aliphatic rings. The average molecular weight is 247 g/mol. The molecule has 0 saturated heterocycles. The van der Waals surface area contributed by atoms with Gasteiger partial charge in [0, 0.05) is 6.04 Å². The van der Waals surface area contributed by atoms with E-state index >= 15 is 0 Å². The molecule has 3 aliphatic carbocycles. The molecule has 0 aliphatic heterocycles. The van der Waals surface area contributed by atoms with Gasteiger partial charge in [0.1, 0.15) is 0 Å². The van der Waals surface area contributed by atoms with Crippen molar-refractivity contribution in [1.82, 2.24) is 0 Å². The molecule has 0 aromatic carbocycles. The van der Waals surface area contributed by atoms with Crippen molar-refractivity contribution in [2.75, 3.05) is 0 Å². The summed E-state index contributed by atoms with van der Waals surface area (Å²) in [5.41, 5.74) is 8.17. The minimum Gasteiger partial charge on any atom is -0.324 e. The predicted octanol–water partition coefficient (Wildman–Crippen LogP) is 4.42. The van der Waals surface area contributed by atoms with E-state index in [9.17, 15) is 0 Å². The van der Waals surface area contributed by atoms with Gasteiger partial charge in [-0.1, -0.05) is 37.3 Å². The van der Waals surface area contributed by atoms with Gasteiger partial charge in [0.05, 0.1) is 0 Å². The summed E-state index contributed by atoms with van der Waals surface area (Å²) in [4.78, 5) is 0. The third-order valence-corrected chi connectivity index (χ3v) is 5.84. The molecular formula is C17H29N. The molecule has 1 nitrogen and oxygen atoms in total. The molecule has 2 N–H and O–H groups in total. The number of nitrogens with two attached hydrogens (primary N) is 1. The summed E-state index contributed by atoms with van der Waals surface area (Å²) in [5.74, 6) is 2.88. The van der Waals surface area contributed by atoms with Crippen molar-refractivity contribution in [2.45, 2.75) is 76.7 Å². The van der Waals surface area contributed by atoms with Crippen LogP contribution in [0.15, 0.2) is 11.6 Å². The smallest absolute Gasteiger partial charge is 0.0282 e. The fourth-order valence-corrected chi connectivity index (χ4v) is 4.70. The van der Waals surface area contributed by atoms with Crippen molar-refractivity contribution in [2.24, 2.45) is 23.5 Å². The molecule has 0 spiro atoms. The third kappa shape index (κ3) is 2.66. The van der Waals surface area contributed by atoms with Gasteiger partial charge in [-0.15, -0.1) is 0 Å². The second-order valence-corrected chi connectivity index (χ2v) is 6.93. The van der Waals surface area contributed by atoms with Crippen LogP contribution in [0.5, 0.6) is 0 Å². The van der Waals surface area contributed by atoms with Gasteiger partial charge >= 0.3 is 0 Å². The van der Waals surface area contributed by atoms with Crippen LogP contribution in [0.4, 0.5) is 0 Å². The molecule has 0 aromatic heterocycles. The Morgan fingerprint density at radius 3 is 2.56 bits per heavy atom. The van der Waals surface area contributed by atoms with E-state index in [1.807, 2.05) is 0 Å². The Morgan fingerprint density at radius 2 is 1.78 bits per heavy atom. The lowest BCUT2D eigenvalue weighted by atomic mass is 9.65. The van der Waals surface area contributed by atoms with Gasteiger partial charge in [0.25, 0.3) is 0 Å². The minimum atomic E-state index is 0.396. The van der Waals surface area contributed by atoms with Crippen molar-refractivity contribution in [1.29, 1.82) is 0 Å². The molecule has 3 rings (SSSR count). The largest absolute Gasteiger partial charge is 0.324 e. The molecule has 1 heteroatoms. The number of allylic oxidation sites excluding steroid dienone is 1. The minimum absolute atomic E-state index is 0.396. The van der Waals surface area contributed by atoms with E-state index in [1.165, 1.54) is 70.6 Å². The second kappa shape index (κ2) is 5.77. The molecule has 0 amide bonds. The highest BCUT2D eigenvalue weighted by molar-refractivity contribution is 5.14. The van der Waals surface area contributed by atoms with Crippen LogP contribution in [0, 0.1) is 17.8 Å². The molecule has 4 unspecified atom stereocenters. The van der Waals surface area contributed by atoms with E-state index < -0.39 is 0 Å². The third-order valence-electron chi connectivity index (χ3n) is 5.84. The van der Waals surface area contributed by atoms with E-state index in [-0.39, 0.29) is 0 Å². The van der Waals surface area contributed by atoms with E-state index in [0.717, 1.165) is 17.8 Å². The van der Waals surface area contributed by atoms with Crippen molar-refractivity contribution in [3.63, 3.8) is 0 Å². The Hall–Kier alpha value is -0.300. The Morgan fingerprint density at radius 1 is 0.944 bits per heavy atom.